The molecular formula is C19H26N5OS+. The van der Waals surface area contributed by atoms with E-state index in [1.54, 1.807) is 0 Å². The van der Waals surface area contributed by atoms with Gasteiger partial charge >= 0.3 is 0 Å². The van der Waals surface area contributed by atoms with Gasteiger partial charge in [0.15, 0.2) is 6.67 Å². The molecule has 0 unspecified atom stereocenters. The summed E-state index contributed by atoms with van der Waals surface area (Å²) in [6.45, 7) is 4.79. The van der Waals surface area contributed by atoms with E-state index in [0.29, 0.717) is 6.04 Å². The number of amides is 1. The van der Waals surface area contributed by atoms with Gasteiger partial charge in [-0.1, -0.05) is 18.2 Å². The second-order valence-electron chi connectivity index (χ2n) is 7.47. The largest absolute Gasteiger partial charge is 0.326 e. The fourth-order valence-corrected chi connectivity index (χ4v) is 4.20. The van der Waals surface area contributed by atoms with Crippen molar-refractivity contribution in [3.8, 4) is 0 Å². The summed E-state index contributed by atoms with van der Waals surface area (Å²) in [4.78, 5) is 13.9. The zero-order valence-electron chi connectivity index (χ0n) is 15.1. The van der Waals surface area contributed by atoms with Crippen molar-refractivity contribution >= 4 is 23.8 Å². The Bertz CT molecular complexity index is 831. The van der Waals surface area contributed by atoms with E-state index in [4.69, 9.17) is 12.2 Å². The number of benzene rings is 1. The molecule has 1 saturated carbocycles. The first-order valence-corrected chi connectivity index (χ1v) is 9.88. The molecule has 2 N–H and O–H groups in total. The quantitative estimate of drug-likeness (QED) is 0.789. The Morgan fingerprint density at radius 2 is 1.92 bits per heavy atom. The van der Waals surface area contributed by atoms with Gasteiger partial charge in [0.1, 0.15) is 5.82 Å². The predicted octanol–water partition coefficient (Wildman–Crippen LogP) is 1.95. The highest BCUT2D eigenvalue weighted by atomic mass is 32.1. The van der Waals surface area contributed by atoms with Crippen molar-refractivity contribution in [1.29, 1.82) is 0 Å². The summed E-state index contributed by atoms with van der Waals surface area (Å²) in [6.07, 6.45) is 4.25. The van der Waals surface area contributed by atoms with Crippen LogP contribution >= 0.6 is 12.2 Å². The van der Waals surface area contributed by atoms with E-state index in [1.165, 1.54) is 17.7 Å². The van der Waals surface area contributed by atoms with Crippen LogP contribution < -0.4 is 10.2 Å². The number of nitrogens with zero attached hydrogens (tertiary/aromatic N) is 3. The average Bonchev–Trinajstić information content (AvgIpc) is 3.43. The molecule has 1 aliphatic heterocycles. The van der Waals surface area contributed by atoms with Crippen LogP contribution in [0.3, 0.4) is 0 Å². The predicted molar refractivity (Wildman–Crippen MR) is 103 cm³/mol. The van der Waals surface area contributed by atoms with Gasteiger partial charge in [0, 0.05) is 30.5 Å². The first kappa shape index (κ1) is 17.4. The number of aromatic nitrogens is 3. The van der Waals surface area contributed by atoms with Gasteiger partial charge in [-0.2, -0.15) is 9.78 Å². The van der Waals surface area contributed by atoms with Gasteiger partial charge in [-0.3, -0.25) is 4.79 Å². The number of carbonyl (C=O) groups is 1. The van der Waals surface area contributed by atoms with Crippen molar-refractivity contribution in [2.24, 2.45) is 5.92 Å². The smallest absolute Gasteiger partial charge is 0.227 e. The maximum atomic E-state index is 12.5. The van der Waals surface area contributed by atoms with Crippen LogP contribution in [0.25, 0.3) is 0 Å². The highest BCUT2D eigenvalue weighted by molar-refractivity contribution is 7.71. The highest BCUT2D eigenvalue weighted by Gasteiger charge is 2.30. The number of quaternary nitrogens is 1. The topological polar surface area (TPSA) is 56.3 Å². The fourth-order valence-electron chi connectivity index (χ4n) is 3.81. The van der Waals surface area contributed by atoms with Crippen LogP contribution in [0, 0.1) is 17.6 Å². The Morgan fingerprint density at radius 3 is 2.58 bits per heavy atom. The van der Waals surface area contributed by atoms with E-state index < -0.39 is 0 Å². The van der Waals surface area contributed by atoms with Crippen molar-refractivity contribution in [2.45, 2.75) is 45.3 Å². The molecule has 1 aromatic heterocycles. The molecule has 2 heterocycles. The molecule has 1 aliphatic carbocycles. The molecule has 0 spiro atoms. The van der Waals surface area contributed by atoms with Crippen LogP contribution in [0.5, 0.6) is 0 Å². The number of hydrogen-bond donors (Lipinski definition) is 2. The zero-order valence-corrected chi connectivity index (χ0v) is 16.0. The summed E-state index contributed by atoms with van der Waals surface area (Å²) >= 11 is 5.62. The molecule has 7 heteroatoms. The number of nitrogens with one attached hydrogen (secondary N) is 2. The molecule has 0 bridgehead atoms. The third-order valence-electron chi connectivity index (χ3n) is 5.43. The summed E-state index contributed by atoms with van der Waals surface area (Å²) in [5.74, 6) is 1.26. The second-order valence-corrected chi connectivity index (χ2v) is 7.83. The number of carbonyl (C=O) groups excluding carboxylic acids is 1. The van der Waals surface area contributed by atoms with E-state index in [-0.39, 0.29) is 11.8 Å². The summed E-state index contributed by atoms with van der Waals surface area (Å²) in [7, 11) is 0. The third kappa shape index (κ3) is 3.73. The van der Waals surface area contributed by atoms with Crippen LogP contribution in [0.4, 0.5) is 5.69 Å². The van der Waals surface area contributed by atoms with Gasteiger partial charge in [-0.25, -0.2) is 0 Å². The van der Waals surface area contributed by atoms with E-state index in [0.717, 1.165) is 48.9 Å². The minimum atomic E-state index is 0.0951. The zero-order chi connectivity index (χ0) is 18.1. The molecule has 2 aliphatic rings. The SMILES string of the molecule is Cc1nn(C[NH+]2CCC(C(=O)Nc3ccccc3)CC2)c(=S)n1C1CC1. The standard InChI is InChI=1S/C19H25N5OS/c1-14-21-23(19(26)24(14)17-7-8-17)13-22-11-9-15(10-12-22)18(25)20-16-5-3-2-4-6-16/h2-6,15,17H,7-13H2,1H3,(H,20,25)/p+1. The lowest BCUT2D eigenvalue weighted by molar-refractivity contribution is -0.928. The van der Waals surface area contributed by atoms with Gasteiger partial charge in [-0.15, -0.1) is 0 Å². The number of hydrogen-bond acceptors (Lipinski definition) is 3. The normalized spacial score (nSPS) is 23.0. The maximum Gasteiger partial charge on any atom is 0.227 e. The molecule has 138 valence electrons. The van der Waals surface area contributed by atoms with Crippen molar-refractivity contribution in [1.82, 2.24) is 14.3 Å². The number of likely N-dealkylation sites (tertiary alicyclic amines) is 1. The van der Waals surface area contributed by atoms with Gasteiger partial charge in [-0.05, 0) is 44.1 Å². The molecular weight excluding hydrogens is 346 g/mol. The lowest BCUT2D eigenvalue weighted by Crippen LogP contribution is -3.12. The van der Waals surface area contributed by atoms with E-state index in [1.807, 2.05) is 41.9 Å². The van der Waals surface area contributed by atoms with E-state index in [2.05, 4.69) is 15.0 Å². The van der Waals surface area contributed by atoms with Crippen molar-refractivity contribution in [3.63, 3.8) is 0 Å². The number of anilines is 1. The van der Waals surface area contributed by atoms with Crippen LogP contribution in [-0.2, 0) is 11.5 Å². The van der Waals surface area contributed by atoms with Crippen LogP contribution in [-0.4, -0.2) is 33.3 Å². The van der Waals surface area contributed by atoms with Gasteiger partial charge in [0.2, 0.25) is 10.7 Å². The number of aryl methyl sites for hydroxylation is 1. The molecule has 0 atom stereocenters. The monoisotopic (exact) mass is 372 g/mol. The summed E-state index contributed by atoms with van der Waals surface area (Å²) in [6, 6.07) is 10.3. The first-order chi connectivity index (χ1) is 12.6. The van der Waals surface area contributed by atoms with E-state index >= 15 is 0 Å². The molecule has 4 rings (SSSR count). The number of para-hydroxylation sites is 1. The lowest BCUT2D eigenvalue weighted by atomic mass is 9.96. The molecule has 1 aromatic carbocycles. The summed E-state index contributed by atoms with van der Waals surface area (Å²) < 4.78 is 5.03. The Balaban J connectivity index is 1.32. The first-order valence-electron chi connectivity index (χ1n) is 9.47. The van der Waals surface area contributed by atoms with Crippen LogP contribution in [0.2, 0.25) is 0 Å². The molecule has 2 aromatic rings. The number of piperidine rings is 1. The second kappa shape index (κ2) is 7.32. The van der Waals surface area contributed by atoms with Crippen LogP contribution in [0.1, 0.15) is 37.5 Å². The molecule has 6 nitrogen and oxygen atoms in total. The average molecular weight is 373 g/mol. The fraction of sp³-hybridized carbons (Fsp3) is 0.526. The van der Waals surface area contributed by atoms with Gasteiger partial charge in [0.25, 0.3) is 0 Å². The molecule has 0 radical (unpaired) electrons. The highest BCUT2D eigenvalue weighted by Crippen LogP contribution is 2.35. The van der Waals surface area contributed by atoms with Gasteiger partial charge in [0.05, 0.1) is 13.1 Å². The number of rotatable bonds is 5. The summed E-state index contributed by atoms with van der Waals surface area (Å²) in [5, 5.41) is 7.68. The molecule has 1 amide bonds. The minimum absolute atomic E-state index is 0.0951. The molecule has 26 heavy (non-hydrogen) atoms. The lowest BCUT2D eigenvalue weighted by Gasteiger charge is -2.28. The Kier molecular flexibility index (Phi) is 4.91. The van der Waals surface area contributed by atoms with Crippen molar-refractivity contribution in [2.75, 3.05) is 18.4 Å². The Morgan fingerprint density at radius 1 is 1.23 bits per heavy atom. The minimum Gasteiger partial charge on any atom is -0.326 e. The third-order valence-corrected chi connectivity index (χ3v) is 5.84. The maximum absolute atomic E-state index is 12.5. The molecule has 2 fully saturated rings. The molecule has 1 saturated heterocycles. The van der Waals surface area contributed by atoms with E-state index in [9.17, 15) is 4.79 Å². The van der Waals surface area contributed by atoms with Crippen molar-refractivity contribution in [3.05, 3.63) is 40.9 Å². The Labute approximate surface area is 158 Å². The van der Waals surface area contributed by atoms with Crippen LogP contribution in [0.15, 0.2) is 30.3 Å². The Hall–Kier alpha value is -1.99. The van der Waals surface area contributed by atoms with Crippen molar-refractivity contribution < 1.29 is 9.69 Å². The van der Waals surface area contributed by atoms with Gasteiger partial charge < -0.3 is 14.8 Å². The summed E-state index contributed by atoms with van der Waals surface area (Å²) in [5.41, 5.74) is 0.875.